The summed E-state index contributed by atoms with van der Waals surface area (Å²) in [5.74, 6) is 0.230. The van der Waals surface area contributed by atoms with Crippen LogP contribution in [0.1, 0.15) is 25.3 Å². The van der Waals surface area contributed by atoms with E-state index in [4.69, 9.17) is 0 Å². The highest BCUT2D eigenvalue weighted by molar-refractivity contribution is 5.84. The van der Waals surface area contributed by atoms with E-state index < -0.39 is 0 Å². The van der Waals surface area contributed by atoms with Crippen molar-refractivity contribution >= 4 is 5.91 Å². The molecule has 1 aliphatic rings. The summed E-state index contributed by atoms with van der Waals surface area (Å²) in [6, 6.07) is 10.3. The van der Waals surface area contributed by atoms with Crippen LogP contribution in [0.15, 0.2) is 30.3 Å². The molecule has 1 atom stereocenters. The van der Waals surface area contributed by atoms with Crippen molar-refractivity contribution in [3.05, 3.63) is 35.9 Å². The minimum atomic E-state index is -0.151. The average molecular weight is 203 g/mol. The van der Waals surface area contributed by atoms with Gasteiger partial charge in [0.05, 0.1) is 5.41 Å². The van der Waals surface area contributed by atoms with Crippen molar-refractivity contribution < 1.29 is 4.79 Å². The second-order valence-corrected chi connectivity index (χ2v) is 4.30. The maximum absolute atomic E-state index is 11.8. The zero-order chi connectivity index (χ0) is 10.7. The molecule has 1 aromatic carbocycles. The first kappa shape index (κ1) is 10.2. The first-order valence-electron chi connectivity index (χ1n) is 5.59. The molecule has 0 bridgehead atoms. The van der Waals surface area contributed by atoms with Crippen LogP contribution in [0.25, 0.3) is 0 Å². The van der Waals surface area contributed by atoms with Crippen LogP contribution in [0, 0.1) is 5.41 Å². The fourth-order valence-corrected chi connectivity index (χ4v) is 2.33. The fraction of sp³-hybridized carbons (Fsp3) is 0.462. The molecule has 2 rings (SSSR count). The van der Waals surface area contributed by atoms with Gasteiger partial charge in [0.25, 0.3) is 0 Å². The van der Waals surface area contributed by atoms with Gasteiger partial charge >= 0.3 is 0 Å². The predicted molar refractivity (Wildman–Crippen MR) is 60.5 cm³/mol. The molecule has 2 nitrogen and oxygen atoms in total. The van der Waals surface area contributed by atoms with Crippen LogP contribution in [0.3, 0.4) is 0 Å². The van der Waals surface area contributed by atoms with Gasteiger partial charge in [-0.25, -0.2) is 0 Å². The molecular weight excluding hydrogens is 186 g/mol. The Hall–Kier alpha value is -1.31. The van der Waals surface area contributed by atoms with E-state index in [1.54, 1.807) is 0 Å². The maximum atomic E-state index is 11.8. The van der Waals surface area contributed by atoms with Crippen LogP contribution in [0.4, 0.5) is 0 Å². The predicted octanol–water partition coefficient (Wildman–Crippen LogP) is 2.15. The van der Waals surface area contributed by atoms with E-state index in [-0.39, 0.29) is 11.3 Å². The first-order chi connectivity index (χ1) is 7.27. The average Bonchev–Trinajstić information content (AvgIpc) is 2.62. The van der Waals surface area contributed by atoms with Crippen molar-refractivity contribution in [2.24, 2.45) is 5.41 Å². The smallest absolute Gasteiger partial charge is 0.226 e. The van der Waals surface area contributed by atoms with Gasteiger partial charge in [0, 0.05) is 6.54 Å². The zero-order valence-corrected chi connectivity index (χ0v) is 9.12. The second-order valence-electron chi connectivity index (χ2n) is 4.30. The van der Waals surface area contributed by atoms with Crippen LogP contribution < -0.4 is 5.32 Å². The number of hydrogen-bond donors (Lipinski definition) is 1. The molecule has 2 heteroatoms. The Balaban J connectivity index is 2.19. The van der Waals surface area contributed by atoms with Gasteiger partial charge in [0.15, 0.2) is 0 Å². The molecule has 0 spiro atoms. The minimum Gasteiger partial charge on any atom is -0.356 e. The van der Waals surface area contributed by atoms with Crippen molar-refractivity contribution in [3.8, 4) is 0 Å². The highest BCUT2D eigenvalue weighted by Crippen LogP contribution is 2.34. The summed E-state index contributed by atoms with van der Waals surface area (Å²) in [7, 11) is 0. The van der Waals surface area contributed by atoms with E-state index in [0.29, 0.717) is 0 Å². The number of hydrogen-bond acceptors (Lipinski definition) is 1. The zero-order valence-electron chi connectivity index (χ0n) is 9.12. The van der Waals surface area contributed by atoms with Crippen molar-refractivity contribution in [1.29, 1.82) is 0 Å². The van der Waals surface area contributed by atoms with Gasteiger partial charge in [-0.15, -0.1) is 0 Å². The van der Waals surface area contributed by atoms with Crippen molar-refractivity contribution in [2.75, 3.05) is 6.54 Å². The molecule has 1 amide bonds. The number of rotatable bonds is 3. The van der Waals surface area contributed by atoms with Crippen molar-refractivity contribution in [2.45, 2.75) is 26.2 Å². The first-order valence-corrected chi connectivity index (χ1v) is 5.59. The minimum absolute atomic E-state index is 0.151. The molecule has 0 radical (unpaired) electrons. The molecule has 0 saturated carbocycles. The Morgan fingerprint density at radius 2 is 2.07 bits per heavy atom. The molecule has 1 aliphatic heterocycles. The molecule has 1 saturated heterocycles. The summed E-state index contributed by atoms with van der Waals surface area (Å²) < 4.78 is 0. The van der Waals surface area contributed by atoms with E-state index in [1.165, 1.54) is 5.56 Å². The maximum Gasteiger partial charge on any atom is 0.226 e. The van der Waals surface area contributed by atoms with Crippen LogP contribution in [-0.2, 0) is 11.2 Å². The van der Waals surface area contributed by atoms with Crippen LogP contribution in [0.5, 0.6) is 0 Å². The van der Waals surface area contributed by atoms with Crippen LogP contribution in [-0.4, -0.2) is 12.5 Å². The quantitative estimate of drug-likeness (QED) is 0.801. The second kappa shape index (κ2) is 4.05. The summed E-state index contributed by atoms with van der Waals surface area (Å²) in [4.78, 5) is 11.8. The lowest BCUT2D eigenvalue weighted by Gasteiger charge is -2.24. The van der Waals surface area contributed by atoms with E-state index in [1.807, 2.05) is 18.2 Å². The third-order valence-electron chi connectivity index (χ3n) is 3.43. The van der Waals surface area contributed by atoms with Gasteiger partial charge in [-0.2, -0.15) is 0 Å². The number of carbonyl (C=O) groups is 1. The summed E-state index contributed by atoms with van der Waals surface area (Å²) >= 11 is 0. The van der Waals surface area contributed by atoms with Gasteiger partial charge in [0.2, 0.25) is 5.91 Å². The molecular formula is C13H17NO. The summed E-state index contributed by atoms with van der Waals surface area (Å²) in [6.07, 6.45) is 2.77. The third-order valence-corrected chi connectivity index (χ3v) is 3.43. The number of amides is 1. The molecule has 15 heavy (non-hydrogen) atoms. The van der Waals surface area contributed by atoms with Gasteiger partial charge in [-0.05, 0) is 24.8 Å². The van der Waals surface area contributed by atoms with Gasteiger partial charge in [0.1, 0.15) is 0 Å². The lowest BCUT2D eigenvalue weighted by Crippen LogP contribution is -2.32. The molecule has 0 aliphatic carbocycles. The number of nitrogens with one attached hydrogen (secondary N) is 1. The molecule has 1 heterocycles. The third kappa shape index (κ3) is 1.89. The van der Waals surface area contributed by atoms with Gasteiger partial charge in [-0.3, -0.25) is 4.79 Å². The lowest BCUT2D eigenvalue weighted by atomic mass is 9.78. The van der Waals surface area contributed by atoms with E-state index in [0.717, 1.165) is 25.8 Å². The summed E-state index contributed by atoms with van der Waals surface area (Å²) in [6.45, 7) is 2.94. The standard InChI is InChI=1S/C13H17NO/c1-2-13(8-9-14-12(13)15)10-11-6-4-3-5-7-11/h3-7H,2,8-10H2,1H3,(H,14,15)/t13-/m1/s1. The van der Waals surface area contributed by atoms with Crippen molar-refractivity contribution in [1.82, 2.24) is 5.32 Å². The topological polar surface area (TPSA) is 29.1 Å². The van der Waals surface area contributed by atoms with Crippen LogP contribution in [0.2, 0.25) is 0 Å². The Labute approximate surface area is 90.7 Å². The molecule has 0 unspecified atom stereocenters. The summed E-state index contributed by atoms with van der Waals surface area (Å²) in [5, 5.41) is 2.94. The number of benzene rings is 1. The van der Waals surface area contributed by atoms with E-state index in [2.05, 4.69) is 24.4 Å². The van der Waals surface area contributed by atoms with E-state index >= 15 is 0 Å². The molecule has 1 N–H and O–H groups in total. The Bertz CT molecular complexity index is 347. The molecule has 1 aromatic rings. The van der Waals surface area contributed by atoms with Gasteiger partial charge in [-0.1, -0.05) is 37.3 Å². The Morgan fingerprint density at radius 3 is 2.60 bits per heavy atom. The van der Waals surface area contributed by atoms with Gasteiger partial charge < -0.3 is 5.32 Å². The largest absolute Gasteiger partial charge is 0.356 e. The highest BCUT2D eigenvalue weighted by Gasteiger charge is 2.40. The molecule has 1 fully saturated rings. The van der Waals surface area contributed by atoms with E-state index in [9.17, 15) is 4.79 Å². The Morgan fingerprint density at radius 1 is 1.33 bits per heavy atom. The Kier molecular flexibility index (Phi) is 2.76. The fourth-order valence-electron chi connectivity index (χ4n) is 2.33. The molecule has 80 valence electrons. The summed E-state index contributed by atoms with van der Waals surface area (Å²) in [5.41, 5.74) is 1.11. The number of carbonyl (C=O) groups excluding carboxylic acids is 1. The van der Waals surface area contributed by atoms with Crippen molar-refractivity contribution in [3.63, 3.8) is 0 Å². The SMILES string of the molecule is CC[C@]1(Cc2ccccc2)CCNC1=O. The normalized spacial score (nSPS) is 25.3. The van der Waals surface area contributed by atoms with Crippen LogP contribution >= 0.6 is 0 Å². The molecule has 0 aromatic heterocycles. The monoisotopic (exact) mass is 203 g/mol. The lowest BCUT2D eigenvalue weighted by molar-refractivity contribution is -0.127. The highest BCUT2D eigenvalue weighted by atomic mass is 16.2.